The molecule has 2 aromatic carbocycles. The highest BCUT2D eigenvalue weighted by Gasteiger charge is 2.30. The summed E-state index contributed by atoms with van der Waals surface area (Å²) in [6.45, 7) is 11.6. The molecular weight excluding hydrogens is 360 g/mol. The number of allylic oxidation sites excluding steroid dienone is 1. The van der Waals surface area contributed by atoms with Crippen LogP contribution in [0.5, 0.6) is 5.75 Å². The van der Waals surface area contributed by atoms with E-state index < -0.39 is 0 Å². The minimum absolute atomic E-state index is 0.0292. The Bertz CT molecular complexity index is 1000. The van der Waals surface area contributed by atoms with Crippen LogP contribution in [0.25, 0.3) is 11.1 Å². The Balaban J connectivity index is 1.77. The van der Waals surface area contributed by atoms with Crippen LogP contribution in [0.15, 0.2) is 54.6 Å². The minimum atomic E-state index is -0.280. The molecule has 0 saturated carbocycles. The Morgan fingerprint density at radius 2 is 1.55 bits per heavy atom. The molecule has 0 N–H and O–H groups in total. The molecule has 0 aromatic heterocycles. The summed E-state index contributed by atoms with van der Waals surface area (Å²) < 4.78 is 5.98. The Kier molecular flexibility index (Phi) is 5.59. The number of benzene rings is 2. The van der Waals surface area contributed by atoms with Gasteiger partial charge in [0, 0.05) is 17.2 Å². The predicted molar refractivity (Wildman–Crippen MR) is 116 cm³/mol. The van der Waals surface area contributed by atoms with Gasteiger partial charge in [0.15, 0.2) is 0 Å². The van der Waals surface area contributed by atoms with Crippen molar-refractivity contribution >= 4 is 17.1 Å². The smallest absolute Gasteiger partial charge is 0.363 e. The van der Waals surface area contributed by atoms with Crippen molar-refractivity contribution in [2.24, 2.45) is 5.41 Å². The molecule has 4 nitrogen and oxygen atoms in total. The van der Waals surface area contributed by atoms with E-state index in [4.69, 9.17) is 10.3 Å². The Labute approximate surface area is 172 Å². The van der Waals surface area contributed by atoms with Gasteiger partial charge in [-0.2, -0.15) is 4.79 Å². The van der Waals surface area contributed by atoms with Crippen molar-refractivity contribution in [3.05, 3.63) is 76.8 Å². The first-order chi connectivity index (χ1) is 13.6. The standard InChI is InChI=1S/C25H28N2O2/c1-24(2,3)16-25(4,5)18-10-12-19(13-11-18)29-15-17-14-22(27-26)23(28)21-9-7-6-8-20(17)21/h6-14H,15-16H2,1-5H3. The normalized spacial score (nSPS) is 14.2. The van der Waals surface area contributed by atoms with Crippen molar-refractivity contribution in [3.63, 3.8) is 0 Å². The first-order valence-corrected chi connectivity index (χ1v) is 9.91. The number of hydrogen-bond acceptors (Lipinski definition) is 2. The van der Waals surface area contributed by atoms with Gasteiger partial charge in [0.25, 0.3) is 5.78 Å². The second kappa shape index (κ2) is 7.81. The molecule has 0 radical (unpaired) electrons. The summed E-state index contributed by atoms with van der Waals surface area (Å²) in [5, 5.41) is 0. The van der Waals surface area contributed by atoms with Gasteiger partial charge >= 0.3 is 5.71 Å². The van der Waals surface area contributed by atoms with E-state index in [2.05, 4.69) is 51.5 Å². The van der Waals surface area contributed by atoms with Gasteiger partial charge in [0.1, 0.15) is 12.4 Å². The van der Waals surface area contributed by atoms with E-state index in [0.717, 1.165) is 23.3 Å². The number of nitrogens with zero attached hydrogens (tertiary/aromatic N) is 2. The van der Waals surface area contributed by atoms with E-state index in [0.29, 0.717) is 5.56 Å². The highest BCUT2D eigenvalue weighted by Crippen LogP contribution is 2.36. The second-order valence-electron chi connectivity index (χ2n) is 9.46. The lowest BCUT2D eigenvalue weighted by atomic mass is 9.72. The SMILES string of the molecule is CC(C)(C)CC(C)(C)c1ccc(OCC2=CC(=[N+]=[N-])C(=O)c3ccccc32)cc1. The number of rotatable bonds is 5. The molecule has 150 valence electrons. The topological polar surface area (TPSA) is 62.7 Å². The Hall–Kier alpha value is -2.97. The first-order valence-electron chi connectivity index (χ1n) is 9.91. The lowest BCUT2D eigenvalue weighted by Crippen LogP contribution is -2.24. The predicted octanol–water partition coefficient (Wildman–Crippen LogP) is 5.73. The molecule has 0 bridgehead atoms. The lowest BCUT2D eigenvalue weighted by Gasteiger charge is -2.33. The van der Waals surface area contributed by atoms with Crippen molar-refractivity contribution in [3.8, 4) is 5.75 Å². The van der Waals surface area contributed by atoms with E-state index in [1.54, 1.807) is 18.2 Å². The molecule has 4 heteroatoms. The molecule has 0 atom stereocenters. The fourth-order valence-electron chi connectivity index (χ4n) is 4.19. The van der Waals surface area contributed by atoms with E-state index in [-0.39, 0.29) is 28.9 Å². The molecule has 1 aliphatic rings. The van der Waals surface area contributed by atoms with Crippen LogP contribution in [-0.2, 0) is 5.41 Å². The molecular formula is C25H28N2O2. The van der Waals surface area contributed by atoms with Gasteiger partial charge < -0.3 is 10.3 Å². The van der Waals surface area contributed by atoms with Crippen molar-refractivity contribution < 1.29 is 14.3 Å². The minimum Gasteiger partial charge on any atom is -0.489 e. The fraction of sp³-hybridized carbons (Fsp3) is 0.360. The first kappa shape index (κ1) is 20.8. The molecule has 0 aliphatic heterocycles. The van der Waals surface area contributed by atoms with Crippen LogP contribution in [-0.4, -0.2) is 22.9 Å². The number of fused-ring (bicyclic) bond motifs is 1. The van der Waals surface area contributed by atoms with E-state index in [9.17, 15) is 4.79 Å². The third kappa shape index (κ3) is 4.72. The van der Waals surface area contributed by atoms with Gasteiger partial charge in [0.2, 0.25) is 0 Å². The maximum atomic E-state index is 12.3. The van der Waals surface area contributed by atoms with E-state index in [1.807, 2.05) is 24.3 Å². The monoisotopic (exact) mass is 388 g/mol. The third-order valence-corrected chi connectivity index (χ3v) is 5.17. The Morgan fingerprint density at radius 1 is 0.931 bits per heavy atom. The van der Waals surface area contributed by atoms with E-state index in [1.165, 1.54) is 5.56 Å². The van der Waals surface area contributed by atoms with Crippen LogP contribution in [0, 0.1) is 5.41 Å². The summed E-state index contributed by atoms with van der Waals surface area (Å²) in [5.74, 6) is 0.482. The van der Waals surface area contributed by atoms with Crippen LogP contribution in [0.4, 0.5) is 0 Å². The molecule has 0 spiro atoms. The molecule has 0 fully saturated rings. The molecule has 2 aromatic rings. The maximum Gasteiger partial charge on any atom is 0.363 e. The van der Waals surface area contributed by atoms with Crippen molar-refractivity contribution in [2.75, 3.05) is 6.61 Å². The number of hydrogen-bond donors (Lipinski definition) is 0. The second-order valence-corrected chi connectivity index (χ2v) is 9.46. The van der Waals surface area contributed by atoms with Crippen molar-refractivity contribution in [1.82, 2.24) is 0 Å². The summed E-state index contributed by atoms with van der Waals surface area (Å²) in [5.41, 5.74) is 13.0. The summed E-state index contributed by atoms with van der Waals surface area (Å²) in [4.78, 5) is 15.5. The van der Waals surface area contributed by atoms with Crippen LogP contribution < -0.4 is 4.74 Å². The molecule has 1 aliphatic carbocycles. The summed E-state index contributed by atoms with van der Waals surface area (Å²) in [6.07, 6.45) is 2.67. The fourth-order valence-corrected chi connectivity index (χ4v) is 4.19. The molecule has 0 heterocycles. The van der Waals surface area contributed by atoms with E-state index >= 15 is 0 Å². The average Bonchev–Trinajstić information content (AvgIpc) is 2.66. The number of ether oxygens (including phenoxy) is 1. The summed E-state index contributed by atoms with van der Waals surface area (Å²) in [6, 6.07) is 15.5. The van der Waals surface area contributed by atoms with Gasteiger partial charge in [-0.25, -0.2) is 0 Å². The quantitative estimate of drug-likeness (QED) is 0.485. The summed E-state index contributed by atoms with van der Waals surface area (Å²) in [7, 11) is 0. The van der Waals surface area contributed by atoms with Gasteiger partial charge in [-0.15, -0.1) is 0 Å². The molecule has 0 unspecified atom stereocenters. The van der Waals surface area contributed by atoms with Gasteiger partial charge in [0.05, 0.1) is 0 Å². The lowest BCUT2D eigenvalue weighted by molar-refractivity contribution is -0.00441. The van der Waals surface area contributed by atoms with Crippen LogP contribution >= 0.6 is 0 Å². The molecule has 0 amide bonds. The van der Waals surface area contributed by atoms with Gasteiger partial charge in [-0.3, -0.25) is 4.79 Å². The number of carbonyl (C=O) groups is 1. The number of ketones is 1. The average molecular weight is 389 g/mol. The highest BCUT2D eigenvalue weighted by atomic mass is 16.5. The molecule has 3 rings (SSSR count). The third-order valence-electron chi connectivity index (χ3n) is 5.17. The van der Waals surface area contributed by atoms with Crippen LogP contribution in [0.1, 0.15) is 62.5 Å². The zero-order valence-electron chi connectivity index (χ0n) is 17.8. The number of Topliss-reactive ketones (excluding diaryl/α,β-unsaturated/α-hetero) is 1. The zero-order chi connectivity index (χ0) is 21.2. The summed E-state index contributed by atoms with van der Waals surface area (Å²) >= 11 is 0. The highest BCUT2D eigenvalue weighted by molar-refractivity contribution is 6.50. The van der Waals surface area contributed by atoms with Crippen LogP contribution in [0.2, 0.25) is 0 Å². The van der Waals surface area contributed by atoms with Crippen molar-refractivity contribution in [2.45, 2.75) is 46.5 Å². The zero-order valence-corrected chi connectivity index (χ0v) is 17.8. The molecule has 29 heavy (non-hydrogen) atoms. The van der Waals surface area contributed by atoms with Gasteiger partial charge in [-0.1, -0.05) is 71.0 Å². The Morgan fingerprint density at radius 3 is 2.14 bits per heavy atom. The number of carbonyl (C=O) groups excluding carboxylic acids is 1. The maximum absolute atomic E-state index is 12.3. The molecule has 0 saturated heterocycles. The van der Waals surface area contributed by atoms with Gasteiger partial charge in [-0.05, 0) is 40.5 Å². The largest absolute Gasteiger partial charge is 0.489 e. The van der Waals surface area contributed by atoms with Crippen molar-refractivity contribution in [1.29, 1.82) is 0 Å². The van der Waals surface area contributed by atoms with Crippen LogP contribution in [0.3, 0.4) is 0 Å².